The first-order chi connectivity index (χ1) is 15.0. The maximum Gasteiger partial charge on any atom is 0.341 e. The average molecular weight is 355 g/mol. The van der Waals surface area contributed by atoms with Crippen LogP contribution in [-0.4, -0.2) is 48.2 Å². The number of nitrogens with one attached hydrogen (secondary N) is 1. The van der Waals surface area contributed by atoms with E-state index < -0.39 is 71.6 Å². The molecule has 1 aromatic heterocycles. The van der Waals surface area contributed by atoms with E-state index in [9.17, 15) is 14.7 Å². The van der Waals surface area contributed by atoms with Crippen LogP contribution in [0.4, 0.5) is 10.1 Å². The number of anilines is 1. The van der Waals surface area contributed by atoms with Crippen LogP contribution >= 0.6 is 0 Å². The second-order valence-corrected chi connectivity index (χ2v) is 5.61. The highest BCUT2D eigenvalue weighted by atomic mass is 19.1. The van der Waals surface area contributed by atoms with Gasteiger partial charge in [-0.25, -0.2) is 9.18 Å². The number of ether oxygens (including phenoxy) is 1. The molecule has 2 aliphatic heterocycles. The van der Waals surface area contributed by atoms with Gasteiger partial charge in [0.15, 0.2) is 11.6 Å². The molecule has 0 radical (unpaired) electrons. The smallest absolute Gasteiger partial charge is 0.341 e. The van der Waals surface area contributed by atoms with Crippen LogP contribution in [0.1, 0.15) is 34.3 Å². The molecule has 25 heavy (non-hydrogen) atoms. The molecule has 1 aromatic carbocycles. The fraction of sp³-hybridized carbons (Fsp3) is 0.412. The van der Waals surface area contributed by atoms with E-state index >= 15 is 4.39 Å². The Morgan fingerprint density at radius 2 is 2.20 bits per heavy atom. The van der Waals surface area contributed by atoms with Crippen molar-refractivity contribution < 1.29 is 30.0 Å². The van der Waals surface area contributed by atoms with E-state index in [1.54, 1.807) is 12.2 Å². The lowest BCUT2D eigenvalue weighted by Crippen LogP contribution is -2.44. The van der Waals surface area contributed by atoms with Crippen LogP contribution in [0.3, 0.4) is 0 Å². The number of aromatic nitrogens is 1. The molecular formula is C17H18FN3O4. The van der Waals surface area contributed by atoms with E-state index in [4.69, 9.17) is 15.7 Å². The Kier molecular flexibility index (Phi) is 2.11. The van der Waals surface area contributed by atoms with Gasteiger partial charge in [0.1, 0.15) is 17.9 Å². The molecule has 1 fully saturated rings. The molecule has 0 spiro atoms. The van der Waals surface area contributed by atoms with Crippen molar-refractivity contribution in [1.82, 2.24) is 9.88 Å². The van der Waals surface area contributed by atoms with E-state index in [0.29, 0.717) is 6.07 Å². The number of carboxylic acid groups (broad SMARTS) is 1. The number of nitrogens with zero attached hydrogens (tertiary/aromatic N) is 2. The second-order valence-electron chi connectivity index (χ2n) is 5.61. The molecule has 4 rings (SSSR count). The van der Waals surface area contributed by atoms with Gasteiger partial charge in [-0.1, -0.05) is 0 Å². The minimum absolute atomic E-state index is 0.00346. The van der Waals surface area contributed by atoms with Crippen LogP contribution in [0.5, 0.6) is 5.75 Å². The molecule has 2 aliphatic rings. The Balaban J connectivity index is 2.15. The molecular weight excluding hydrogens is 329 g/mol. The average Bonchev–Trinajstić information content (AvgIpc) is 2.65. The summed E-state index contributed by atoms with van der Waals surface area (Å²) in [5.74, 6) is -3.50. The predicted molar refractivity (Wildman–Crippen MR) is 90.4 cm³/mol. The van der Waals surface area contributed by atoms with Crippen LogP contribution in [0.25, 0.3) is 10.9 Å². The highest BCUT2D eigenvalue weighted by Gasteiger charge is 2.30. The van der Waals surface area contributed by atoms with Crippen LogP contribution in [0.2, 0.25) is 0 Å². The Morgan fingerprint density at radius 3 is 2.88 bits per heavy atom. The van der Waals surface area contributed by atoms with E-state index in [0.717, 1.165) is 6.20 Å². The van der Waals surface area contributed by atoms with E-state index in [2.05, 4.69) is 0 Å². The monoisotopic (exact) mass is 355 g/mol. The van der Waals surface area contributed by atoms with E-state index in [-0.39, 0.29) is 17.0 Å². The minimum atomic E-state index is -3.34. The van der Waals surface area contributed by atoms with Gasteiger partial charge in [-0.3, -0.25) is 4.79 Å². The number of hydrogen-bond donors (Lipinski definition) is 2. The minimum Gasteiger partial charge on any atom is -0.487 e. The van der Waals surface area contributed by atoms with Crippen LogP contribution < -0.4 is 20.4 Å². The zero-order valence-electron chi connectivity index (χ0n) is 20.9. The highest BCUT2D eigenvalue weighted by molar-refractivity contribution is 5.97. The van der Waals surface area contributed by atoms with Gasteiger partial charge in [-0.2, -0.15) is 0 Å². The maximum absolute atomic E-state index is 15.5. The third-order valence-electron chi connectivity index (χ3n) is 4.06. The van der Waals surface area contributed by atoms with Gasteiger partial charge in [-0.15, -0.1) is 0 Å². The SMILES string of the molecule is [2H]C1([2H])NC([2H])([2H])C([2H])([2H])N(c2c(F)cc3c(=O)c(C(=O)O)cn4c3c2OCC4C)C1([2H])[2H]. The molecule has 3 heterocycles. The highest BCUT2D eigenvalue weighted by Crippen LogP contribution is 2.41. The molecule has 1 unspecified atom stereocenters. The van der Waals surface area contributed by atoms with E-state index in [1.807, 2.05) is 0 Å². The molecule has 2 aromatic rings. The number of hydrogen-bond acceptors (Lipinski definition) is 5. The molecule has 7 nitrogen and oxygen atoms in total. The summed E-state index contributed by atoms with van der Waals surface area (Å²) >= 11 is 0. The standard InChI is InChI=1S/C17H18FN3O4/c1-9-8-25-16-13-10(15(22)11(17(23)24)7-21(9)13)6-12(18)14(16)20-4-2-19-3-5-20/h6-7,9,19H,2-5,8H2,1H3,(H,23,24)/i2D2,3D2,4D2,5D2. The fourth-order valence-corrected chi connectivity index (χ4v) is 2.91. The van der Waals surface area contributed by atoms with Gasteiger partial charge in [0.25, 0.3) is 0 Å². The summed E-state index contributed by atoms with van der Waals surface area (Å²) in [4.78, 5) is 24.2. The fourth-order valence-electron chi connectivity index (χ4n) is 2.91. The summed E-state index contributed by atoms with van der Waals surface area (Å²) in [6.07, 6.45) is 1.02. The molecule has 0 saturated carbocycles. The third kappa shape index (κ3) is 2.36. The summed E-state index contributed by atoms with van der Waals surface area (Å²) < 4.78 is 87.2. The number of rotatable bonds is 2. The lowest BCUT2D eigenvalue weighted by molar-refractivity contribution is 0.0694. The Morgan fingerprint density at radius 1 is 1.48 bits per heavy atom. The number of carbonyl (C=O) groups is 1. The molecule has 0 aliphatic carbocycles. The van der Waals surface area contributed by atoms with Gasteiger partial charge in [0.2, 0.25) is 5.43 Å². The quantitative estimate of drug-likeness (QED) is 0.842. The summed E-state index contributed by atoms with van der Waals surface area (Å²) in [5.41, 5.74) is -2.77. The van der Waals surface area contributed by atoms with Crippen molar-refractivity contribution in [2.24, 2.45) is 0 Å². The molecule has 0 bridgehead atoms. The molecule has 1 saturated heterocycles. The number of aromatic carboxylic acids is 1. The topological polar surface area (TPSA) is 83.8 Å². The number of pyridine rings is 1. The first-order valence-electron chi connectivity index (χ1n) is 11.3. The zero-order chi connectivity index (χ0) is 24.9. The van der Waals surface area contributed by atoms with Crippen molar-refractivity contribution >= 4 is 22.6 Å². The summed E-state index contributed by atoms with van der Waals surface area (Å²) in [6.45, 7) is -11.6. The number of piperazine rings is 1. The number of benzene rings is 1. The molecule has 0 amide bonds. The second kappa shape index (κ2) is 5.73. The number of halogens is 1. The van der Waals surface area contributed by atoms with Crippen molar-refractivity contribution in [2.45, 2.75) is 13.0 Å². The van der Waals surface area contributed by atoms with Crippen LogP contribution in [0, 0.1) is 5.82 Å². The first kappa shape index (κ1) is 9.19. The normalized spacial score (nSPS) is 32.6. The Hall–Kier alpha value is -2.61. The summed E-state index contributed by atoms with van der Waals surface area (Å²) in [5, 5.41) is 10.6. The van der Waals surface area contributed by atoms with Gasteiger partial charge in [-0.05, 0) is 13.0 Å². The van der Waals surface area contributed by atoms with Crippen molar-refractivity contribution in [3.8, 4) is 5.75 Å². The number of carboxylic acids is 1. The third-order valence-corrected chi connectivity index (χ3v) is 4.06. The van der Waals surface area contributed by atoms with Crippen LogP contribution in [0.15, 0.2) is 17.1 Å². The van der Waals surface area contributed by atoms with Gasteiger partial charge in [0.05, 0.1) is 22.4 Å². The lowest BCUT2D eigenvalue weighted by atomic mass is 10.1. The lowest BCUT2D eigenvalue weighted by Gasteiger charge is -2.34. The zero-order valence-corrected chi connectivity index (χ0v) is 12.9. The summed E-state index contributed by atoms with van der Waals surface area (Å²) in [6, 6.07) is 0.0478. The van der Waals surface area contributed by atoms with Crippen molar-refractivity contribution in [3.63, 3.8) is 0 Å². The molecule has 8 heteroatoms. The Labute approximate surface area is 153 Å². The van der Waals surface area contributed by atoms with Crippen molar-refractivity contribution in [3.05, 3.63) is 33.9 Å². The van der Waals surface area contributed by atoms with Gasteiger partial charge >= 0.3 is 5.97 Å². The predicted octanol–water partition coefficient (Wildman–Crippen LogP) is 1.20. The Bertz CT molecular complexity index is 1240. The van der Waals surface area contributed by atoms with E-state index in [1.165, 1.54) is 4.57 Å². The maximum atomic E-state index is 15.5. The first-order valence-corrected chi connectivity index (χ1v) is 7.33. The van der Waals surface area contributed by atoms with Crippen LogP contribution in [-0.2, 0) is 0 Å². The van der Waals surface area contributed by atoms with Crippen molar-refractivity contribution in [2.75, 3.05) is 37.5 Å². The largest absolute Gasteiger partial charge is 0.487 e. The van der Waals surface area contributed by atoms with Gasteiger partial charge in [0, 0.05) is 37.7 Å². The van der Waals surface area contributed by atoms with Crippen molar-refractivity contribution in [1.29, 1.82) is 0 Å². The molecule has 1 atom stereocenters. The molecule has 2 N–H and O–H groups in total. The summed E-state index contributed by atoms with van der Waals surface area (Å²) in [7, 11) is 0. The molecule has 132 valence electrons. The van der Waals surface area contributed by atoms with Gasteiger partial charge < -0.3 is 24.6 Å².